The van der Waals surface area contributed by atoms with Crippen LogP contribution in [0.25, 0.3) is 0 Å². The van der Waals surface area contributed by atoms with Crippen LogP contribution in [0.1, 0.15) is 34.5 Å². The number of ether oxygens (including phenoxy) is 4. The number of hydrogen-bond acceptors (Lipinski definition) is 6. The first kappa shape index (κ1) is 23.0. The zero-order valence-electron chi connectivity index (χ0n) is 18.9. The Balaban J connectivity index is 1.57. The Morgan fingerprint density at radius 1 is 1.03 bits per heavy atom. The molecule has 0 bridgehead atoms. The summed E-state index contributed by atoms with van der Waals surface area (Å²) in [5, 5.41) is 9.47. The molecule has 1 aliphatic heterocycles. The summed E-state index contributed by atoms with van der Waals surface area (Å²) in [7, 11) is 1.47. The van der Waals surface area contributed by atoms with Gasteiger partial charge in [-0.3, -0.25) is 4.79 Å². The molecule has 0 aliphatic carbocycles. The third kappa shape index (κ3) is 5.06. The second kappa shape index (κ2) is 10.2. The molecule has 3 aromatic carbocycles. The lowest BCUT2D eigenvalue weighted by molar-refractivity contribution is -0.136. The molecule has 176 valence electrons. The Hall–Kier alpha value is -4.20. The summed E-state index contributed by atoms with van der Waals surface area (Å²) in [6.45, 7) is 2.07. The van der Waals surface area contributed by atoms with Crippen molar-refractivity contribution in [1.29, 1.82) is 0 Å². The minimum absolute atomic E-state index is 0.0490. The van der Waals surface area contributed by atoms with Crippen molar-refractivity contribution >= 4 is 11.9 Å². The second-order valence-electron chi connectivity index (χ2n) is 7.75. The SMILES string of the molecule is COc1ccc(C(=O)O)c(OCC(=O)N(Cc2ccc3c(c2)OCO3)[C@H](C)c2ccccc2)c1. The van der Waals surface area contributed by atoms with Crippen LogP contribution in [0.4, 0.5) is 0 Å². The molecule has 1 atom stereocenters. The van der Waals surface area contributed by atoms with Crippen LogP contribution >= 0.6 is 0 Å². The van der Waals surface area contributed by atoms with Gasteiger partial charge in [-0.15, -0.1) is 0 Å². The molecule has 8 heteroatoms. The Morgan fingerprint density at radius 2 is 1.79 bits per heavy atom. The lowest BCUT2D eigenvalue weighted by atomic mass is 10.1. The number of methoxy groups -OCH3 is 1. The average Bonchev–Trinajstić information content (AvgIpc) is 3.33. The maximum atomic E-state index is 13.4. The highest BCUT2D eigenvalue weighted by atomic mass is 16.7. The van der Waals surface area contributed by atoms with Gasteiger partial charge in [-0.25, -0.2) is 4.79 Å². The molecule has 0 radical (unpaired) electrons. The number of carbonyl (C=O) groups excluding carboxylic acids is 1. The van der Waals surface area contributed by atoms with Crippen LogP contribution in [-0.4, -0.2) is 42.4 Å². The molecule has 0 spiro atoms. The predicted molar refractivity (Wildman–Crippen MR) is 123 cm³/mol. The minimum atomic E-state index is -1.15. The van der Waals surface area contributed by atoms with Crippen molar-refractivity contribution < 1.29 is 33.6 Å². The van der Waals surface area contributed by atoms with Gasteiger partial charge >= 0.3 is 5.97 Å². The predicted octanol–water partition coefficient (Wildman–Crippen LogP) is 4.29. The normalized spacial score (nSPS) is 12.6. The van der Waals surface area contributed by atoms with Gasteiger partial charge in [-0.05, 0) is 42.3 Å². The van der Waals surface area contributed by atoms with Crippen molar-refractivity contribution in [1.82, 2.24) is 4.90 Å². The van der Waals surface area contributed by atoms with Crippen molar-refractivity contribution in [3.8, 4) is 23.0 Å². The Kier molecular flexibility index (Phi) is 6.87. The highest BCUT2D eigenvalue weighted by Gasteiger charge is 2.24. The largest absolute Gasteiger partial charge is 0.497 e. The average molecular weight is 463 g/mol. The lowest BCUT2D eigenvalue weighted by Crippen LogP contribution is -2.36. The van der Waals surface area contributed by atoms with E-state index in [0.717, 1.165) is 11.1 Å². The molecule has 1 heterocycles. The smallest absolute Gasteiger partial charge is 0.339 e. The summed E-state index contributed by atoms with van der Waals surface area (Å²) < 4.78 is 21.7. The van der Waals surface area contributed by atoms with Crippen LogP contribution < -0.4 is 18.9 Å². The maximum Gasteiger partial charge on any atom is 0.339 e. The fourth-order valence-electron chi connectivity index (χ4n) is 3.74. The van der Waals surface area contributed by atoms with Gasteiger partial charge < -0.3 is 29.0 Å². The Labute approximate surface area is 197 Å². The van der Waals surface area contributed by atoms with E-state index >= 15 is 0 Å². The maximum absolute atomic E-state index is 13.4. The van der Waals surface area contributed by atoms with Crippen LogP contribution in [0, 0.1) is 0 Å². The first-order chi connectivity index (χ1) is 16.5. The zero-order chi connectivity index (χ0) is 24.1. The third-order valence-electron chi connectivity index (χ3n) is 5.63. The standard InChI is InChI=1S/C26H25NO7/c1-17(19-6-4-3-5-7-19)27(14-18-8-11-22-24(12-18)34-16-33-22)25(28)15-32-23-13-20(31-2)9-10-21(23)26(29)30/h3-13,17H,14-16H2,1-2H3,(H,29,30)/t17-/m1/s1. The Morgan fingerprint density at radius 3 is 2.53 bits per heavy atom. The molecular weight excluding hydrogens is 438 g/mol. The number of fused-ring (bicyclic) bond motifs is 1. The van der Waals surface area contributed by atoms with Crippen LogP contribution in [0.15, 0.2) is 66.7 Å². The number of aromatic carboxylic acids is 1. The first-order valence-electron chi connectivity index (χ1n) is 10.7. The summed E-state index contributed by atoms with van der Waals surface area (Å²) >= 11 is 0. The molecule has 3 aromatic rings. The van der Waals surface area contributed by atoms with Crippen LogP contribution in [0.2, 0.25) is 0 Å². The van der Waals surface area contributed by atoms with Gasteiger partial charge in [0.15, 0.2) is 18.1 Å². The minimum Gasteiger partial charge on any atom is -0.497 e. The number of benzene rings is 3. The number of carboxylic acid groups (broad SMARTS) is 1. The molecular formula is C26H25NO7. The number of carboxylic acids is 1. The summed E-state index contributed by atoms with van der Waals surface area (Å²) in [6.07, 6.45) is 0. The van der Waals surface area contributed by atoms with Gasteiger partial charge in [0, 0.05) is 12.6 Å². The van der Waals surface area contributed by atoms with E-state index in [1.807, 2.05) is 55.5 Å². The van der Waals surface area contributed by atoms with E-state index in [0.29, 0.717) is 23.8 Å². The molecule has 0 saturated heterocycles. The quantitative estimate of drug-likeness (QED) is 0.506. The molecule has 1 N–H and O–H groups in total. The van der Waals surface area contributed by atoms with Gasteiger partial charge in [0.2, 0.25) is 6.79 Å². The van der Waals surface area contributed by atoms with Gasteiger partial charge in [0.05, 0.1) is 13.2 Å². The molecule has 0 aromatic heterocycles. The summed E-state index contributed by atoms with van der Waals surface area (Å²) in [5.74, 6) is 0.349. The Bertz CT molecular complexity index is 1180. The van der Waals surface area contributed by atoms with Crippen LogP contribution in [-0.2, 0) is 11.3 Å². The second-order valence-corrected chi connectivity index (χ2v) is 7.75. The van der Waals surface area contributed by atoms with E-state index in [9.17, 15) is 14.7 Å². The van der Waals surface area contributed by atoms with Crippen molar-refractivity contribution in [3.63, 3.8) is 0 Å². The van der Waals surface area contributed by atoms with Crippen LogP contribution in [0.5, 0.6) is 23.0 Å². The number of nitrogens with zero attached hydrogens (tertiary/aromatic N) is 1. The highest BCUT2D eigenvalue weighted by Crippen LogP contribution is 2.34. The zero-order valence-corrected chi connectivity index (χ0v) is 18.9. The van der Waals surface area contributed by atoms with Gasteiger partial charge in [-0.2, -0.15) is 0 Å². The van der Waals surface area contributed by atoms with Crippen molar-refractivity contribution in [2.24, 2.45) is 0 Å². The van der Waals surface area contributed by atoms with Crippen molar-refractivity contribution in [2.75, 3.05) is 20.5 Å². The van der Waals surface area contributed by atoms with E-state index in [1.165, 1.54) is 25.3 Å². The summed E-state index contributed by atoms with van der Waals surface area (Å²) in [5.41, 5.74) is 1.78. The van der Waals surface area contributed by atoms with E-state index in [-0.39, 0.29) is 36.7 Å². The van der Waals surface area contributed by atoms with E-state index in [4.69, 9.17) is 18.9 Å². The van der Waals surface area contributed by atoms with Gasteiger partial charge in [0.1, 0.15) is 17.1 Å². The summed E-state index contributed by atoms with van der Waals surface area (Å²) in [6, 6.07) is 19.3. The van der Waals surface area contributed by atoms with Gasteiger partial charge in [0.25, 0.3) is 5.91 Å². The molecule has 1 amide bonds. The number of carbonyl (C=O) groups is 2. The molecule has 4 rings (SSSR count). The summed E-state index contributed by atoms with van der Waals surface area (Å²) in [4.78, 5) is 26.6. The third-order valence-corrected chi connectivity index (χ3v) is 5.63. The molecule has 8 nitrogen and oxygen atoms in total. The van der Waals surface area contributed by atoms with Crippen molar-refractivity contribution in [3.05, 3.63) is 83.4 Å². The highest BCUT2D eigenvalue weighted by molar-refractivity contribution is 5.91. The molecule has 0 unspecified atom stereocenters. The lowest BCUT2D eigenvalue weighted by Gasteiger charge is -2.30. The number of amides is 1. The van der Waals surface area contributed by atoms with E-state index < -0.39 is 5.97 Å². The van der Waals surface area contributed by atoms with Crippen LogP contribution in [0.3, 0.4) is 0 Å². The monoisotopic (exact) mass is 463 g/mol. The van der Waals surface area contributed by atoms with Crippen molar-refractivity contribution in [2.45, 2.75) is 19.5 Å². The number of hydrogen-bond donors (Lipinski definition) is 1. The van der Waals surface area contributed by atoms with E-state index in [1.54, 1.807) is 4.90 Å². The van der Waals surface area contributed by atoms with E-state index in [2.05, 4.69) is 0 Å². The number of rotatable bonds is 9. The van der Waals surface area contributed by atoms with Gasteiger partial charge in [-0.1, -0.05) is 36.4 Å². The molecule has 1 aliphatic rings. The molecule has 0 fully saturated rings. The fourth-order valence-corrected chi connectivity index (χ4v) is 3.74. The molecule has 34 heavy (non-hydrogen) atoms. The topological polar surface area (TPSA) is 94.5 Å². The first-order valence-corrected chi connectivity index (χ1v) is 10.7. The fraction of sp³-hybridized carbons (Fsp3) is 0.231. The molecule has 0 saturated carbocycles.